The number of benzene rings is 1. The Morgan fingerprint density at radius 3 is 2.81 bits per heavy atom. The normalized spacial score (nSPS) is 12.6. The van der Waals surface area contributed by atoms with Gasteiger partial charge in [-0.25, -0.2) is 0 Å². The second-order valence-corrected chi connectivity index (χ2v) is 4.48. The molecule has 84 valence electrons. The van der Waals surface area contributed by atoms with Gasteiger partial charge in [-0.15, -0.1) is 5.10 Å². The number of hydrogen-bond acceptors (Lipinski definition) is 5. The van der Waals surface area contributed by atoms with Gasteiger partial charge in [-0.3, -0.25) is 0 Å². The van der Waals surface area contributed by atoms with Gasteiger partial charge in [-0.2, -0.15) is 4.68 Å². The monoisotopic (exact) mass is 235 g/mol. The summed E-state index contributed by atoms with van der Waals surface area (Å²) >= 11 is 1.56. The zero-order valence-electron chi connectivity index (χ0n) is 8.95. The molecule has 0 saturated heterocycles. The maximum atomic E-state index is 5.70. The van der Waals surface area contributed by atoms with Crippen LogP contribution in [-0.2, 0) is 0 Å². The van der Waals surface area contributed by atoms with E-state index in [0.29, 0.717) is 0 Å². The molecule has 16 heavy (non-hydrogen) atoms. The second-order valence-electron chi connectivity index (χ2n) is 3.50. The largest absolute Gasteiger partial charge is 0.327 e. The van der Waals surface area contributed by atoms with Crippen LogP contribution in [-0.4, -0.2) is 32.0 Å². The van der Waals surface area contributed by atoms with Gasteiger partial charge in [-0.05, 0) is 29.5 Å². The van der Waals surface area contributed by atoms with E-state index in [1.807, 2.05) is 37.3 Å². The fraction of sp³-hybridized carbons (Fsp3) is 0.300. The minimum absolute atomic E-state index is 0.130. The molecule has 1 heterocycles. The summed E-state index contributed by atoms with van der Waals surface area (Å²) in [6.45, 7) is 1.96. The predicted molar refractivity (Wildman–Crippen MR) is 63.5 cm³/mol. The number of nitrogens with two attached hydrogens (primary N) is 1. The zero-order chi connectivity index (χ0) is 11.4. The molecule has 1 aromatic heterocycles. The summed E-state index contributed by atoms with van der Waals surface area (Å²) in [6, 6.07) is 9.93. The molecular formula is C10H13N5S. The number of tetrazole rings is 1. The lowest BCUT2D eigenvalue weighted by atomic mass is 10.3. The molecule has 0 fully saturated rings. The summed E-state index contributed by atoms with van der Waals surface area (Å²) in [4.78, 5) is 0. The van der Waals surface area contributed by atoms with Gasteiger partial charge >= 0.3 is 0 Å². The van der Waals surface area contributed by atoms with E-state index in [1.54, 1.807) is 16.4 Å². The first-order valence-corrected chi connectivity index (χ1v) is 5.98. The minimum Gasteiger partial charge on any atom is -0.327 e. The van der Waals surface area contributed by atoms with E-state index in [1.165, 1.54) is 0 Å². The van der Waals surface area contributed by atoms with Crippen molar-refractivity contribution in [3.63, 3.8) is 0 Å². The van der Waals surface area contributed by atoms with Crippen LogP contribution in [0.3, 0.4) is 0 Å². The maximum absolute atomic E-state index is 5.70. The Balaban J connectivity index is 2.19. The summed E-state index contributed by atoms with van der Waals surface area (Å²) in [6.07, 6.45) is 0. The van der Waals surface area contributed by atoms with Crippen molar-refractivity contribution in [3.8, 4) is 5.69 Å². The smallest absolute Gasteiger partial charge is 0.214 e. The van der Waals surface area contributed by atoms with Crippen LogP contribution in [0.15, 0.2) is 35.5 Å². The van der Waals surface area contributed by atoms with E-state index >= 15 is 0 Å². The fourth-order valence-electron chi connectivity index (χ4n) is 1.21. The molecule has 2 aromatic rings. The van der Waals surface area contributed by atoms with Crippen LogP contribution in [0.2, 0.25) is 0 Å². The second kappa shape index (κ2) is 5.09. The number of rotatable bonds is 4. The SMILES string of the molecule is CC(N)CSc1nnnn1-c1ccccc1. The van der Waals surface area contributed by atoms with E-state index in [-0.39, 0.29) is 6.04 Å². The molecule has 0 aliphatic heterocycles. The number of thioether (sulfide) groups is 1. The van der Waals surface area contributed by atoms with Gasteiger partial charge in [0, 0.05) is 11.8 Å². The number of nitrogens with zero attached hydrogens (tertiary/aromatic N) is 4. The number of aromatic nitrogens is 4. The molecule has 6 heteroatoms. The van der Waals surface area contributed by atoms with Gasteiger partial charge in [0.2, 0.25) is 5.16 Å². The highest BCUT2D eigenvalue weighted by Crippen LogP contribution is 2.17. The third kappa shape index (κ3) is 2.59. The maximum Gasteiger partial charge on any atom is 0.214 e. The molecule has 0 saturated carbocycles. The highest BCUT2D eigenvalue weighted by atomic mass is 32.2. The first kappa shape index (κ1) is 11.1. The minimum atomic E-state index is 0.130. The number of hydrogen-bond donors (Lipinski definition) is 1. The summed E-state index contributed by atoms with van der Waals surface area (Å²) in [5.41, 5.74) is 6.66. The van der Waals surface area contributed by atoms with Crippen LogP contribution in [0, 0.1) is 0 Å². The van der Waals surface area contributed by atoms with E-state index < -0.39 is 0 Å². The van der Waals surface area contributed by atoms with Crippen LogP contribution in [0.25, 0.3) is 5.69 Å². The summed E-state index contributed by atoms with van der Waals surface area (Å²) in [5.74, 6) is 0.799. The van der Waals surface area contributed by atoms with Crippen molar-refractivity contribution in [1.29, 1.82) is 0 Å². The highest BCUT2D eigenvalue weighted by Gasteiger charge is 2.08. The van der Waals surface area contributed by atoms with Crippen LogP contribution in [0.1, 0.15) is 6.92 Å². The fourth-order valence-corrected chi connectivity index (χ4v) is 1.98. The topological polar surface area (TPSA) is 69.6 Å². The van der Waals surface area contributed by atoms with Crippen LogP contribution >= 0.6 is 11.8 Å². The van der Waals surface area contributed by atoms with Crippen molar-refractivity contribution in [3.05, 3.63) is 30.3 Å². The van der Waals surface area contributed by atoms with Crippen molar-refractivity contribution in [2.75, 3.05) is 5.75 Å². The van der Waals surface area contributed by atoms with Gasteiger partial charge in [0.1, 0.15) is 0 Å². The average molecular weight is 235 g/mol. The molecule has 1 atom stereocenters. The Morgan fingerprint density at radius 1 is 1.38 bits per heavy atom. The van der Waals surface area contributed by atoms with E-state index in [2.05, 4.69) is 15.5 Å². The standard InChI is InChI=1S/C10H13N5S/c1-8(11)7-16-10-12-13-14-15(10)9-5-3-2-4-6-9/h2-6,8H,7,11H2,1H3. The van der Waals surface area contributed by atoms with E-state index in [9.17, 15) is 0 Å². The molecule has 0 aliphatic carbocycles. The van der Waals surface area contributed by atoms with Gasteiger partial charge in [-0.1, -0.05) is 30.0 Å². The molecular weight excluding hydrogens is 222 g/mol. The molecule has 1 unspecified atom stereocenters. The van der Waals surface area contributed by atoms with Crippen molar-refractivity contribution >= 4 is 11.8 Å². The van der Waals surface area contributed by atoms with Crippen molar-refractivity contribution < 1.29 is 0 Å². The van der Waals surface area contributed by atoms with Crippen molar-refractivity contribution in [2.45, 2.75) is 18.1 Å². The Hall–Kier alpha value is -1.40. The molecule has 1 aromatic carbocycles. The first-order chi connectivity index (χ1) is 7.77. The molecule has 0 spiro atoms. The number of para-hydroxylation sites is 1. The lowest BCUT2D eigenvalue weighted by Gasteiger charge is -2.05. The highest BCUT2D eigenvalue weighted by molar-refractivity contribution is 7.99. The summed E-state index contributed by atoms with van der Waals surface area (Å²) in [7, 11) is 0. The molecule has 0 bridgehead atoms. The van der Waals surface area contributed by atoms with Crippen molar-refractivity contribution in [1.82, 2.24) is 20.2 Å². The third-order valence-electron chi connectivity index (χ3n) is 1.92. The molecule has 0 radical (unpaired) electrons. The van der Waals surface area contributed by atoms with Gasteiger partial charge in [0.25, 0.3) is 0 Å². The van der Waals surface area contributed by atoms with Crippen LogP contribution in [0.5, 0.6) is 0 Å². The lowest BCUT2D eigenvalue weighted by molar-refractivity contribution is 0.754. The molecule has 5 nitrogen and oxygen atoms in total. The van der Waals surface area contributed by atoms with Crippen LogP contribution in [0.4, 0.5) is 0 Å². The van der Waals surface area contributed by atoms with Gasteiger partial charge < -0.3 is 5.73 Å². The molecule has 2 N–H and O–H groups in total. The molecule has 2 rings (SSSR count). The van der Waals surface area contributed by atoms with Gasteiger partial charge in [0.15, 0.2) is 0 Å². The lowest BCUT2D eigenvalue weighted by Crippen LogP contribution is -2.17. The first-order valence-electron chi connectivity index (χ1n) is 4.99. The summed E-state index contributed by atoms with van der Waals surface area (Å²) in [5, 5.41) is 12.4. The van der Waals surface area contributed by atoms with E-state index in [0.717, 1.165) is 16.6 Å². The summed E-state index contributed by atoms with van der Waals surface area (Å²) < 4.78 is 1.72. The molecule has 0 aliphatic rings. The third-order valence-corrected chi connectivity index (χ3v) is 3.12. The van der Waals surface area contributed by atoms with Crippen LogP contribution < -0.4 is 5.73 Å². The Kier molecular flexibility index (Phi) is 3.53. The van der Waals surface area contributed by atoms with Crippen molar-refractivity contribution in [2.24, 2.45) is 5.73 Å². The molecule has 0 amide bonds. The van der Waals surface area contributed by atoms with Gasteiger partial charge in [0.05, 0.1) is 5.69 Å². The van der Waals surface area contributed by atoms with E-state index in [4.69, 9.17) is 5.73 Å². The Morgan fingerprint density at radius 2 is 2.12 bits per heavy atom. The quantitative estimate of drug-likeness (QED) is 0.804. The Bertz CT molecular complexity index is 439. The average Bonchev–Trinajstić information content (AvgIpc) is 2.75. The zero-order valence-corrected chi connectivity index (χ0v) is 9.76. The predicted octanol–water partition coefficient (Wildman–Crippen LogP) is 1.10. The Labute approximate surface area is 98.0 Å².